The van der Waals surface area contributed by atoms with Gasteiger partial charge in [-0.3, -0.25) is 4.40 Å². The molecule has 0 atom stereocenters. The molecule has 1 aliphatic heterocycles. The third kappa shape index (κ3) is 3.05. The molecule has 2 aromatic heterocycles. The van der Waals surface area contributed by atoms with E-state index in [1.807, 2.05) is 43.6 Å². The summed E-state index contributed by atoms with van der Waals surface area (Å²) in [6.45, 7) is 7.11. The molecule has 0 aliphatic carbocycles. The van der Waals surface area contributed by atoms with Crippen molar-refractivity contribution >= 4 is 11.9 Å². The summed E-state index contributed by atoms with van der Waals surface area (Å²) in [4.78, 5) is 22.5. The topological polar surface area (TPSA) is 59.7 Å². The molecule has 2 aromatic rings. The normalized spacial score (nSPS) is 17.0. The molecule has 1 aliphatic rings. The smallest absolute Gasteiger partial charge is 0.410 e. The van der Waals surface area contributed by atoms with E-state index in [1.165, 1.54) is 5.69 Å². The van der Waals surface area contributed by atoms with Crippen molar-refractivity contribution in [3.63, 3.8) is 0 Å². The average Bonchev–Trinajstić information content (AvgIpc) is 2.89. The number of nitrogens with zero attached hydrogens (tertiary/aromatic N) is 4. The van der Waals surface area contributed by atoms with Crippen molar-refractivity contribution < 1.29 is 9.53 Å². The lowest BCUT2D eigenvalue weighted by Crippen LogP contribution is -2.41. The van der Waals surface area contributed by atoms with Crippen LogP contribution in [-0.4, -0.2) is 44.1 Å². The molecular formula is C16H22N4O2. The van der Waals surface area contributed by atoms with Crippen molar-refractivity contribution in [3.05, 3.63) is 30.4 Å². The second-order valence-electron chi connectivity index (χ2n) is 6.71. The Hall–Kier alpha value is -2.11. The van der Waals surface area contributed by atoms with Crippen LogP contribution in [0.5, 0.6) is 0 Å². The Morgan fingerprint density at radius 3 is 2.68 bits per heavy atom. The van der Waals surface area contributed by atoms with E-state index in [0.29, 0.717) is 19.0 Å². The highest BCUT2D eigenvalue weighted by Gasteiger charge is 2.28. The van der Waals surface area contributed by atoms with Gasteiger partial charge in [-0.05, 0) is 39.7 Å². The summed E-state index contributed by atoms with van der Waals surface area (Å²) in [5, 5.41) is 0. The maximum absolute atomic E-state index is 12.1. The number of piperidine rings is 1. The van der Waals surface area contributed by atoms with E-state index in [-0.39, 0.29) is 6.09 Å². The fourth-order valence-corrected chi connectivity index (χ4v) is 2.83. The van der Waals surface area contributed by atoms with Crippen LogP contribution in [0.15, 0.2) is 24.7 Å². The van der Waals surface area contributed by atoms with Gasteiger partial charge in [0.1, 0.15) is 5.60 Å². The Labute approximate surface area is 130 Å². The van der Waals surface area contributed by atoms with Gasteiger partial charge in [-0.15, -0.1) is 0 Å². The predicted molar refractivity (Wildman–Crippen MR) is 82.8 cm³/mol. The lowest BCUT2D eigenvalue weighted by molar-refractivity contribution is 0.0204. The summed E-state index contributed by atoms with van der Waals surface area (Å²) >= 11 is 0. The number of fused-ring (bicyclic) bond motifs is 1. The van der Waals surface area contributed by atoms with Crippen molar-refractivity contribution in [2.75, 3.05) is 13.1 Å². The molecule has 6 heteroatoms. The minimum Gasteiger partial charge on any atom is -0.444 e. The number of hydrogen-bond donors (Lipinski definition) is 0. The van der Waals surface area contributed by atoms with Gasteiger partial charge in [0, 0.05) is 37.1 Å². The van der Waals surface area contributed by atoms with Crippen LogP contribution >= 0.6 is 0 Å². The van der Waals surface area contributed by atoms with Crippen LogP contribution in [0.4, 0.5) is 4.79 Å². The number of rotatable bonds is 1. The molecule has 0 spiro atoms. The van der Waals surface area contributed by atoms with Crippen molar-refractivity contribution in [1.29, 1.82) is 0 Å². The fourth-order valence-electron chi connectivity index (χ4n) is 2.83. The Morgan fingerprint density at radius 1 is 1.27 bits per heavy atom. The molecule has 0 aromatic carbocycles. The summed E-state index contributed by atoms with van der Waals surface area (Å²) in [6, 6.07) is 1.91. The Balaban J connectivity index is 1.66. The van der Waals surface area contributed by atoms with Crippen LogP contribution in [-0.2, 0) is 4.74 Å². The van der Waals surface area contributed by atoms with Gasteiger partial charge in [-0.1, -0.05) is 0 Å². The Morgan fingerprint density at radius 2 is 2.00 bits per heavy atom. The monoisotopic (exact) mass is 302 g/mol. The van der Waals surface area contributed by atoms with E-state index in [0.717, 1.165) is 18.6 Å². The first kappa shape index (κ1) is 14.8. The zero-order chi connectivity index (χ0) is 15.7. The number of likely N-dealkylation sites (tertiary alicyclic amines) is 1. The van der Waals surface area contributed by atoms with Crippen LogP contribution in [0.1, 0.15) is 45.2 Å². The van der Waals surface area contributed by atoms with Crippen molar-refractivity contribution in [2.24, 2.45) is 0 Å². The molecular weight excluding hydrogens is 280 g/mol. The van der Waals surface area contributed by atoms with Gasteiger partial charge in [-0.25, -0.2) is 14.8 Å². The number of aromatic nitrogens is 3. The summed E-state index contributed by atoms with van der Waals surface area (Å²) in [6.07, 6.45) is 7.26. The lowest BCUT2D eigenvalue weighted by Gasteiger charge is -2.33. The van der Waals surface area contributed by atoms with Gasteiger partial charge in [0.2, 0.25) is 5.78 Å². The highest BCUT2D eigenvalue weighted by Crippen LogP contribution is 2.28. The Kier molecular flexibility index (Phi) is 3.76. The summed E-state index contributed by atoms with van der Waals surface area (Å²) < 4.78 is 7.47. The number of imidazole rings is 1. The van der Waals surface area contributed by atoms with Gasteiger partial charge >= 0.3 is 6.09 Å². The first-order valence-electron chi connectivity index (χ1n) is 7.70. The second-order valence-corrected chi connectivity index (χ2v) is 6.71. The first-order chi connectivity index (χ1) is 10.4. The molecule has 6 nitrogen and oxygen atoms in total. The van der Waals surface area contributed by atoms with E-state index in [9.17, 15) is 4.79 Å². The standard InChI is InChI=1S/C16H22N4O2/c1-16(2,3)22-15(21)19-9-5-12(6-10-19)13-11-18-14-17-7-4-8-20(13)14/h4,7-8,11-12H,5-6,9-10H2,1-3H3. The van der Waals surface area contributed by atoms with E-state index >= 15 is 0 Å². The number of carbonyl (C=O) groups is 1. The molecule has 0 unspecified atom stereocenters. The molecule has 0 saturated carbocycles. The van der Waals surface area contributed by atoms with Crippen molar-refractivity contribution in [1.82, 2.24) is 19.3 Å². The maximum atomic E-state index is 12.1. The molecule has 22 heavy (non-hydrogen) atoms. The van der Waals surface area contributed by atoms with Gasteiger partial charge in [0.15, 0.2) is 0 Å². The van der Waals surface area contributed by atoms with Gasteiger partial charge in [0.05, 0.1) is 6.20 Å². The zero-order valence-electron chi connectivity index (χ0n) is 13.3. The summed E-state index contributed by atoms with van der Waals surface area (Å²) in [5.74, 6) is 1.13. The minimum absolute atomic E-state index is 0.217. The molecule has 0 bridgehead atoms. The fraction of sp³-hybridized carbons (Fsp3) is 0.562. The lowest BCUT2D eigenvalue weighted by atomic mass is 9.94. The largest absolute Gasteiger partial charge is 0.444 e. The number of amides is 1. The van der Waals surface area contributed by atoms with Crippen LogP contribution in [0, 0.1) is 0 Å². The molecule has 0 N–H and O–H groups in total. The number of carbonyl (C=O) groups excluding carboxylic acids is 1. The van der Waals surface area contributed by atoms with Gasteiger partial charge in [-0.2, -0.15) is 0 Å². The molecule has 118 valence electrons. The van der Waals surface area contributed by atoms with Gasteiger partial charge < -0.3 is 9.64 Å². The highest BCUT2D eigenvalue weighted by molar-refractivity contribution is 5.68. The van der Waals surface area contributed by atoms with Gasteiger partial charge in [0.25, 0.3) is 0 Å². The van der Waals surface area contributed by atoms with Crippen LogP contribution in [0.25, 0.3) is 5.78 Å². The van der Waals surface area contributed by atoms with Crippen LogP contribution in [0.2, 0.25) is 0 Å². The molecule has 3 rings (SSSR count). The van der Waals surface area contributed by atoms with Crippen LogP contribution < -0.4 is 0 Å². The zero-order valence-corrected chi connectivity index (χ0v) is 13.3. The average molecular weight is 302 g/mol. The molecule has 3 heterocycles. The predicted octanol–water partition coefficient (Wildman–Crippen LogP) is 2.84. The summed E-state index contributed by atoms with van der Waals surface area (Å²) in [5.41, 5.74) is 0.730. The van der Waals surface area contributed by atoms with Crippen molar-refractivity contribution in [2.45, 2.75) is 45.1 Å². The number of hydrogen-bond acceptors (Lipinski definition) is 4. The SMILES string of the molecule is CC(C)(C)OC(=O)N1CCC(c2cnc3ncccn23)CC1. The molecule has 0 radical (unpaired) electrons. The quantitative estimate of drug-likeness (QED) is 0.812. The molecule has 1 fully saturated rings. The third-order valence-corrected chi connectivity index (χ3v) is 3.88. The highest BCUT2D eigenvalue weighted by atomic mass is 16.6. The van der Waals surface area contributed by atoms with Crippen molar-refractivity contribution in [3.8, 4) is 0 Å². The summed E-state index contributed by atoms with van der Waals surface area (Å²) in [7, 11) is 0. The first-order valence-corrected chi connectivity index (χ1v) is 7.70. The van der Waals surface area contributed by atoms with E-state index in [1.54, 1.807) is 11.1 Å². The molecule has 1 saturated heterocycles. The second kappa shape index (κ2) is 5.59. The molecule has 1 amide bonds. The number of ether oxygens (including phenoxy) is 1. The van der Waals surface area contributed by atoms with Crippen LogP contribution in [0.3, 0.4) is 0 Å². The van der Waals surface area contributed by atoms with E-state index in [4.69, 9.17) is 4.74 Å². The maximum Gasteiger partial charge on any atom is 0.410 e. The third-order valence-electron chi connectivity index (χ3n) is 3.88. The van der Waals surface area contributed by atoms with E-state index < -0.39 is 5.60 Å². The van der Waals surface area contributed by atoms with E-state index in [2.05, 4.69) is 9.97 Å². The minimum atomic E-state index is -0.443. The Bertz CT molecular complexity index is 666.